The first-order valence-electron chi connectivity index (χ1n) is 9.81. The summed E-state index contributed by atoms with van der Waals surface area (Å²) in [5.74, 6) is 1.94. The topological polar surface area (TPSA) is 59.3 Å². The molecule has 0 N–H and O–H groups in total. The highest BCUT2D eigenvalue weighted by Gasteiger charge is 2.30. The van der Waals surface area contributed by atoms with Crippen LogP contribution in [0.15, 0.2) is 24.3 Å². The minimum atomic E-state index is -0.113. The SMILES string of the molecule is CCC(c1nnnn1C(C)(C)C)N1CCN(Cc2ccccc2OC)CC1.Cl. The van der Waals surface area contributed by atoms with E-state index in [1.807, 2.05) is 16.8 Å². The first-order valence-corrected chi connectivity index (χ1v) is 9.81. The summed E-state index contributed by atoms with van der Waals surface area (Å²) in [6.45, 7) is 13.7. The molecule has 0 saturated carbocycles. The predicted molar refractivity (Wildman–Crippen MR) is 113 cm³/mol. The predicted octanol–water partition coefficient (Wildman–Crippen LogP) is 3.13. The van der Waals surface area contributed by atoms with Crippen molar-refractivity contribution in [3.63, 3.8) is 0 Å². The molecule has 28 heavy (non-hydrogen) atoms. The number of hydrogen-bond acceptors (Lipinski definition) is 6. The van der Waals surface area contributed by atoms with Gasteiger partial charge in [0.25, 0.3) is 0 Å². The highest BCUT2D eigenvalue weighted by molar-refractivity contribution is 5.85. The molecule has 3 rings (SSSR count). The lowest BCUT2D eigenvalue weighted by atomic mass is 10.1. The van der Waals surface area contributed by atoms with Gasteiger partial charge in [0.2, 0.25) is 0 Å². The number of tetrazole rings is 1. The molecule has 1 fully saturated rings. The molecule has 156 valence electrons. The molecule has 2 aromatic rings. The summed E-state index contributed by atoms with van der Waals surface area (Å²) in [5, 5.41) is 12.6. The van der Waals surface area contributed by atoms with Crippen molar-refractivity contribution in [2.75, 3.05) is 33.3 Å². The van der Waals surface area contributed by atoms with Crippen LogP contribution in [0.4, 0.5) is 0 Å². The van der Waals surface area contributed by atoms with E-state index in [0.717, 1.165) is 50.7 Å². The van der Waals surface area contributed by atoms with Crippen molar-refractivity contribution < 1.29 is 4.74 Å². The first-order chi connectivity index (χ1) is 12.9. The van der Waals surface area contributed by atoms with Gasteiger partial charge in [-0.25, -0.2) is 4.68 Å². The van der Waals surface area contributed by atoms with Crippen molar-refractivity contribution in [1.29, 1.82) is 0 Å². The van der Waals surface area contributed by atoms with Crippen LogP contribution in [0.1, 0.15) is 51.5 Å². The third-order valence-electron chi connectivity index (χ3n) is 5.25. The number of aromatic nitrogens is 4. The smallest absolute Gasteiger partial charge is 0.168 e. The molecule has 8 heteroatoms. The molecular weight excluding hydrogens is 376 g/mol. The molecule has 2 heterocycles. The maximum absolute atomic E-state index is 5.50. The molecule has 0 radical (unpaired) electrons. The number of methoxy groups -OCH3 is 1. The fourth-order valence-corrected chi connectivity index (χ4v) is 3.79. The van der Waals surface area contributed by atoms with E-state index in [-0.39, 0.29) is 24.0 Å². The Morgan fingerprint density at radius 1 is 1.11 bits per heavy atom. The van der Waals surface area contributed by atoms with Gasteiger partial charge in [-0.05, 0) is 43.7 Å². The third-order valence-corrected chi connectivity index (χ3v) is 5.25. The van der Waals surface area contributed by atoms with E-state index in [0.29, 0.717) is 0 Å². The molecule has 0 spiro atoms. The van der Waals surface area contributed by atoms with E-state index < -0.39 is 0 Å². The van der Waals surface area contributed by atoms with Crippen LogP contribution in [0.2, 0.25) is 0 Å². The second-order valence-corrected chi connectivity index (χ2v) is 8.17. The molecule has 0 bridgehead atoms. The summed E-state index contributed by atoms with van der Waals surface area (Å²) in [7, 11) is 1.74. The van der Waals surface area contributed by atoms with Crippen LogP contribution in [-0.4, -0.2) is 63.3 Å². The van der Waals surface area contributed by atoms with Crippen molar-refractivity contribution in [3.8, 4) is 5.75 Å². The minimum absolute atomic E-state index is 0. The fraction of sp³-hybridized carbons (Fsp3) is 0.650. The molecule has 1 aromatic heterocycles. The molecule has 1 atom stereocenters. The molecule has 1 aliphatic rings. The minimum Gasteiger partial charge on any atom is -0.496 e. The van der Waals surface area contributed by atoms with Crippen LogP contribution >= 0.6 is 12.4 Å². The number of hydrogen-bond donors (Lipinski definition) is 0. The quantitative estimate of drug-likeness (QED) is 0.731. The molecule has 0 amide bonds. The highest BCUT2D eigenvalue weighted by atomic mass is 35.5. The normalized spacial score (nSPS) is 17.2. The Bertz CT molecular complexity index is 736. The standard InChI is InChI=1S/C20H32N6O.ClH/c1-6-17(19-21-22-23-26(19)20(2,3)4)25-13-11-24(12-14-25)15-16-9-7-8-10-18(16)27-5;/h7-10,17H,6,11-15H2,1-5H3;1H. The van der Waals surface area contributed by atoms with Crippen molar-refractivity contribution in [3.05, 3.63) is 35.7 Å². The molecule has 0 aliphatic carbocycles. The Balaban J connectivity index is 0.00000280. The van der Waals surface area contributed by atoms with Crippen LogP contribution in [0.25, 0.3) is 0 Å². The molecular formula is C20H33ClN6O. The van der Waals surface area contributed by atoms with Crippen molar-refractivity contribution in [2.24, 2.45) is 0 Å². The number of nitrogens with zero attached hydrogens (tertiary/aromatic N) is 6. The van der Waals surface area contributed by atoms with Crippen LogP contribution in [0.5, 0.6) is 5.75 Å². The number of piperazine rings is 1. The number of rotatable bonds is 6. The van der Waals surface area contributed by atoms with Gasteiger partial charge < -0.3 is 4.74 Å². The van der Waals surface area contributed by atoms with Gasteiger partial charge in [-0.1, -0.05) is 25.1 Å². The summed E-state index contributed by atoms with van der Waals surface area (Å²) in [6.07, 6.45) is 1.00. The third kappa shape index (κ3) is 5.01. The lowest BCUT2D eigenvalue weighted by molar-refractivity contribution is 0.0815. The molecule has 1 aromatic carbocycles. The highest BCUT2D eigenvalue weighted by Crippen LogP contribution is 2.27. The van der Waals surface area contributed by atoms with Crippen LogP contribution in [-0.2, 0) is 12.1 Å². The maximum Gasteiger partial charge on any atom is 0.168 e. The number of ether oxygens (including phenoxy) is 1. The van der Waals surface area contributed by atoms with E-state index in [4.69, 9.17) is 4.74 Å². The molecule has 7 nitrogen and oxygen atoms in total. The zero-order chi connectivity index (χ0) is 19.4. The van der Waals surface area contributed by atoms with Gasteiger partial charge >= 0.3 is 0 Å². The number of benzene rings is 1. The summed E-state index contributed by atoms with van der Waals surface area (Å²) in [4.78, 5) is 5.01. The Hall–Kier alpha value is -1.70. The van der Waals surface area contributed by atoms with Crippen LogP contribution in [0, 0.1) is 0 Å². The van der Waals surface area contributed by atoms with E-state index in [9.17, 15) is 0 Å². The summed E-state index contributed by atoms with van der Waals surface area (Å²) in [6, 6.07) is 8.54. The average molecular weight is 409 g/mol. The first kappa shape index (κ1) is 22.6. The second kappa shape index (κ2) is 9.67. The summed E-state index contributed by atoms with van der Waals surface area (Å²) < 4.78 is 7.47. The average Bonchev–Trinajstić information content (AvgIpc) is 3.14. The van der Waals surface area contributed by atoms with Crippen LogP contribution < -0.4 is 4.74 Å². The number of para-hydroxylation sites is 1. The Morgan fingerprint density at radius 2 is 1.79 bits per heavy atom. The van der Waals surface area contributed by atoms with Gasteiger partial charge in [-0.15, -0.1) is 17.5 Å². The zero-order valence-corrected chi connectivity index (χ0v) is 18.4. The van der Waals surface area contributed by atoms with Crippen molar-refractivity contribution >= 4 is 12.4 Å². The van der Waals surface area contributed by atoms with Crippen molar-refractivity contribution in [1.82, 2.24) is 30.0 Å². The number of halogens is 1. The largest absolute Gasteiger partial charge is 0.496 e. The Morgan fingerprint density at radius 3 is 2.39 bits per heavy atom. The van der Waals surface area contributed by atoms with E-state index in [1.54, 1.807) is 7.11 Å². The van der Waals surface area contributed by atoms with E-state index in [1.165, 1.54) is 5.56 Å². The summed E-state index contributed by atoms with van der Waals surface area (Å²) >= 11 is 0. The van der Waals surface area contributed by atoms with Crippen LogP contribution in [0.3, 0.4) is 0 Å². The van der Waals surface area contributed by atoms with Gasteiger partial charge in [0, 0.05) is 38.3 Å². The molecule has 1 aliphatic heterocycles. The lowest BCUT2D eigenvalue weighted by Gasteiger charge is -2.39. The Labute approximate surface area is 174 Å². The summed E-state index contributed by atoms with van der Waals surface area (Å²) in [5.41, 5.74) is 1.13. The molecule has 1 unspecified atom stereocenters. The second-order valence-electron chi connectivity index (χ2n) is 8.17. The Kier molecular flexibility index (Phi) is 7.80. The van der Waals surface area contributed by atoms with Gasteiger partial charge in [0.05, 0.1) is 18.7 Å². The lowest BCUT2D eigenvalue weighted by Crippen LogP contribution is -2.48. The monoisotopic (exact) mass is 408 g/mol. The van der Waals surface area contributed by atoms with Gasteiger partial charge in [-0.2, -0.15) is 0 Å². The van der Waals surface area contributed by atoms with Gasteiger partial charge in [0.15, 0.2) is 5.82 Å². The van der Waals surface area contributed by atoms with Crippen molar-refractivity contribution in [2.45, 2.75) is 52.2 Å². The molecule has 1 saturated heterocycles. The van der Waals surface area contributed by atoms with E-state index in [2.05, 4.69) is 65.2 Å². The zero-order valence-electron chi connectivity index (χ0n) is 17.6. The van der Waals surface area contributed by atoms with E-state index >= 15 is 0 Å². The maximum atomic E-state index is 5.50. The van der Waals surface area contributed by atoms with Gasteiger partial charge in [0.1, 0.15) is 5.75 Å². The van der Waals surface area contributed by atoms with Gasteiger partial charge in [-0.3, -0.25) is 9.80 Å². The fourth-order valence-electron chi connectivity index (χ4n) is 3.79.